The number of nitrogens with zero attached hydrogens (tertiary/aromatic N) is 2. The first-order valence-electron chi connectivity index (χ1n) is 5.93. The summed E-state index contributed by atoms with van der Waals surface area (Å²) >= 11 is 5.82. The Hall–Kier alpha value is -1.66. The molecule has 0 bridgehead atoms. The molecule has 1 aliphatic heterocycles. The van der Waals surface area contributed by atoms with Crippen molar-refractivity contribution >= 4 is 27.6 Å². The number of hydrogen-bond donors (Lipinski definition) is 2. The molecule has 3 N–H and O–H groups in total. The molecule has 1 saturated heterocycles. The first-order chi connectivity index (χ1) is 9.70. The summed E-state index contributed by atoms with van der Waals surface area (Å²) < 4.78 is 25.9. The van der Waals surface area contributed by atoms with Crippen LogP contribution in [0.1, 0.15) is 12.0 Å². The summed E-state index contributed by atoms with van der Waals surface area (Å²) in [5.74, 6) is -1.24. The highest BCUT2D eigenvalue weighted by atomic mass is 35.5. The van der Waals surface area contributed by atoms with E-state index in [1.807, 2.05) is 6.07 Å². The van der Waals surface area contributed by atoms with Crippen LogP contribution in [0, 0.1) is 11.3 Å². The molecule has 1 fully saturated rings. The predicted octanol–water partition coefficient (Wildman–Crippen LogP) is 0.388. The topological polar surface area (TPSA) is 124 Å². The van der Waals surface area contributed by atoms with E-state index < -0.39 is 21.5 Å². The number of carboxylic acids is 1. The van der Waals surface area contributed by atoms with Crippen LogP contribution in [-0.2, 0) is 14.8 Å². The second-order valence-corrected chi connectivity index (χ2v) is 7.15. The van der Waals surface area contributed by atoms with Gasteiger partial charge in [0.15, 0.2) is 0 Å². The van der Waals surface area contributed by atoms with E-state index in [4.69, 9.17) is 27.7 Å². The number of nitrogens with two attached hydrogens (primary N) is 1. The Bertz CT molecular complexity index is 743. The van der Waals surface area contributed by atoms with Crippen molar-refractivity contribution in [1.82, 2.24) is 4.31 Å². The Labute approximate surface area is 126 Å². The Morgan fingerprint density at radius 2 is 2.19 bits per heavy atom. The molecule has 112 valence electrons. The number of aliphatic carboxylic acids is 1. The maximum absolute atomic E-state index is 12.4. The first kappa shape index (κ1) is 15.7. The number of sulfonamides is 1. The molecule has 21 heavy (non-hydrogen) atoms. The molecular formula is C12H12ClN3O4S. The molecule has 1 unspecified atom stereocenters. The zero-order valence-electron chi connectivity index (χ0n) is 10.8. The fourth-order valence-electron chi connectivity index (χ4n) is 2.07. The number of nitriles is 1. The summed E-state index contributed by atoms with van der Waals surface area (Å²) in [5, 5.41) is 17.8. The van der Waals surface area contributed by atoms with Crippen molar-refractivity contribution in [3.63, 3.8) is 0 Å². The molecule has 2 rings (SSSR count). The molecule has 9 heteroatoms. The molecular weight excluding hydrogens is 318 g/mol. The summed E-state index contributed by atoms with van der Waals surface area (Å²) in [4.78, 5) is 11.0. The van der Waals surface area contributed by atoms with Crippen LogP contribution in [0.5, 0.6) is 0 Å². The van der Waals surface area contributed by atoms with Crippen LogP contribution in [0.2, 0.25) is 5.02 Å². The quantitative estimate of drug-likeness (QED) is 0.826. The van der Waals surface area contributed by atoms with Crippen molar-refractivity contribution in [2.75, 3.05) is 13.1 Å². The van der Waals surface area contributed by atoms with Crippen molar-refractivity contribution in [2.45, 2.75) is 16.9 Å². The number of carbonyl (C=O) groups is 1. The van der Waals surface area contributed by atoms with E-state index in [1.54, 1.807) is 0 Å². The summed E-state index contributed by atoms with van der Waals surface area (Å²) in [6.45, 7) is -0.287. The fourth-order valence-corrected chi connectivity index (χ4v) is 3.90. The van der Waals surface area contributed by atoms with E-state index in [0.717, 1.165) is 4.31 Å². The minimum atomic E-state index is -3.89. The number of hydrogen-bond acceptors (Lipinski definition) is 5. The summed E-state index contributed by atoms with van der Waals surface area (Å²) in [7, 11) is -3.89. The van der Waals surface area contributed by atoms with E-state index in [2.05, 4.69) is 0 Å². The number of benzene rings is 1. The molecule has 0 saturated carbocycles. The van der Waals surface area contributed by atoms with Crippen molar-refractivity contribution in [1.29, 1.82) is 5.26 Å². The first-order valence-corrected chi connectivity index (χ1v) is 7.74. The molecule has 1 aromatic carbocycles. The van der Waals surface area contributed by atoms with Gasteiger partial charge in [-0.15, -0.1) is 0 Å². The summed E-state index contributed by atoms with van der Waals surface area (Å²) in [5.41, 5.74) is 4.25. The number of carboxylic acid groups (broad SMARTS) is 1. The van der Waals surface area contributed by atoms with Gasteiger partial charge in [-0.2, -0.15) is 9.57 Å². The Morgan fingerprint density at radius 3 is 2.67 bits per heavy atom. The average Bonchev–Trinajstić information content (AvgIpc) is 2.83. The summed E-state index contributed by atoms with van der Waals surface area (Å²) in [6, 6.07) is 5.57. The van der Waals surface area contributed by atoms with Gasteiger partial charge in [0.05, 0.1) is 15.5 Å². The highest BCUT2D eigenvalue weighted by Crippen LogP contribution is 2.28. The van der Waals surface area contributed by atoms with Crippen LogP contribution < -0.4 is 5.73 Å². The standard InChI is InChI=1S/C12H12ClN3O4S/c13-10-5-9(2-1-8(10)6-14)21(19,20)16-4-3-12(15,7-16)11(17)18/h1-2,5H,3-4,7,15H2,(H,17,18). The number of rotatable bonds is 3. The van der Waals surface area contributed by atoms with Gasteiger partial charge in [-0.05, 0) is 24.6 Å². The van der Waals surface area contributed by atoms with Crippen LogP contribution in [0.4, 0.5) is 0 Å². The summed E-state index contributed by atoms with van der Waals surface area (Å²) in [6.07, 6.45) is 0.0333. The van der Waals surface area contributed by atoms with E-state index >= 15 is 0 Å². The zero-order chi connectivity index (χ0) is 15.8. The fraction of sp³-hybridized carbons (Fsp3) is 0.333. The van der Waals surface area contributed by atoms with Crippen LogP contribution in [0.15, 0.2) is 23.1 Å². The molecule has 0 spiro atoms. The van der Waals surface area contributed by atoms with Gasteiger partial charge in [-0.1, -0.05) is 11.6 Å². The lowest BCUT2D eigenvalue weighted by atomic mass is 10.0. The lowest BCUT2D eigenvalue weighted by Gasteiger charge is -2.20. The van der Waals surface area contributed by atoms with Gasteiger partial charge >= 0.3 is 5.97 Å². The molecule has 1 atom stereocenters. The molecule has 1 heterocycles. The van der Waals surface area contributed by atoms with Crippen molar-refractivity contribution in [3.8, 4) is 6.07 Å². The van der Waals surface area contributed by atoms with Crippen LogP contribution in [0.25, 0.3) is 0 Å². The van der Waals surface area contributed by atoms with E-state index in [9.17, 15) is 13.2 Å². The SMILES string of the molecule is N#Cc1ccc(S(=O)(=O)N2CCC(N)(C(=O)O)C2)cc1Cl. The van der Waals surface area contributed by atoms with Gasteiger partial charge in [0, 0.05) is 13.1 Å². The third-order valence-electron chi connectivity index (χ3n) is 3.39. The van der Waals surface area contributed by atoms with Crippen molar-refractivity contribution < 1.29 is 18.3 Å². The zero-order valence-corrected chi connectivity index (χ0v) is 12.4. The highest BCUT2D eigenvalue weighted by Gasteiger charge is 2.45. The maximum Gasteiger partial charge on any atom is 0.325 e. The van der Waals surface area contributed by atoms with Gasteiger partial charge in [0.1, 0.15) is 11.6 Å². The van der Waals surface area contributed by atoms with Crippen molar-refractivity contribution in [3.05, 3.63) is 28.8 Å². The second-order valence-electron chi connectivity index (χ2n) is 4.80. The molecule has 1 aromatic rings. The molecule has 1 aliphatic rings. The van der Waals surface area contributed by atoms with E-state index in [-0.39, 0.29) is 35.0 Å². The lowest BCUT2D eigenvalue weighted by molar-refractivity contribution is -0.142. The Balaban J connectivity index is 2.34. The second kappa shape index (κ2) is 5.27. The molecule has 7 nitrogen and oxygen atoms in total. The molecule has 0 aliphatic carbocycles. The Morgan fingerprint density at radius 1 is 1.52 bits per heavy atom. The normalized spacial score (nSPS) is 22.9. The van der Waals surface area contributed by atoms with Crippen LogP contribution >= 0.6 is 11.6 Å². The Kier molecular flexibility index (Phi) is 3.95. The molecule has 0 amide bonds. The maximum atomic E-state index is 12.4. The predicted molar refractivity (Wildman–Crippen MR) is 74.1 cm³/mol. The van der Waals surface area contributed by atoms with Gasteiger partial charge in [0.2, 0.25) is 10.0 Å². The number of halogens is 1. The minimum absolute atomic E-state index is 0.0166. The van der Waals surface area contributed by atoms with Crippen LogP contribution in [0.3, 0.4) is 0 Å². The van der Waals surface area contributed by atoms with Gasteiger partial charge < -0.3 is 10.8 Å². The smallest absolute Gasteiger partial charge is 0.325 e. The average molecular weight is 330 g/mol. The minimum Gasteiger partial charge on any atom is -0.480 e. The monoisotopic (exact) mass is 329 g/mol. The highest BCUT2D eigenvalue weighted by molar-refractivity contribution is 7.89. The van der Waals surface area contributed by atoms with Gasteiger partial charge in [-0.25, -0.2) is 8.42 Å². The molecule has 0 radical (unpaired) electrons. The lowest BCUT2D eigenvalue weighted by Crippen LogP contribution is -2.50. The largest absolute Gasteiger partial charge is 0.480 e. The third-order valence-corrected chi connectivity index (χ3v) is 5.54. The van der Waals surface area contributed by atoms with E-state index in [1.165, 1.54) is 18.2 Å². The van der Waals surface area contributed by atoms with Gasteiger partial charge in [-0.3, -0.25) is 4.79 Å². The van der Waals surface area contributed by atoms with Gasteiger partial charge in [0.25, 0.3) is 0 Å². The van der Waals surface area contributed by atoms with Crippen LogP contribution in [-0.4, -0.2) is 42.4 Å². The van der Waals surface area contributed by atoms with E-state index in [0.29, 0.717) is 0 Å². The third kappa shape index (κ3) is 2.73. The van der Waals surface area contributed by atoms with Crippen molar-refractivity contribution in [2.24, 2.45) is 5.73 Å². The molecule has 0 aromatic heterocycles.